The van der Waals surface area contributed by atoms with Gasteiger partial charge in [0.2, 0.25) is 6.29 Å². The average Bonchev–Trinajstić information content (AvgIpc) is 2.18. The molecule has 1 unspecified atom stereocenters. The third kappa shape index (κ3) is 4.59. The van der Waals surface area contributed by atoms with Gasteiger partial charge in [-0.2, -0.15) is 0 Å². The van der Waals surface area contributed by atoms with E-state index in [1.807, 2.05) is 13.8 Å². The largest absolute Gasteiger partial charge is 0.432 e. The zero-order valence-electron chi connectivity index (χ0n) is 9.27. The molecule has 0 aromatic rings. The van der Waals surface area contributed by atoms with Gasteiger partial charge in [0.25, 0.3) is 0 Å². The molecular formula is C10H19NO4. The molecule has 0 aromatic carbocycles. The fraction of sp³-hybridized carbons (Fsp3) is 0.900. The lowest BCUT2D eigenvalue weighted by atomic mass is 10.1. The lowest BCUT2D eigenvalue weighted by Gasteiger charge is -2.24. The van der Waals surface area contributed by atoms with Crippen LogP contribution in [-0.2, 0) is 19.0 Å². The highest BCUT2D eigenvalue weighted by Crippen LogP contribution is 2.08. The van der Waals surface area contributed by atoms with E-state index < -0.39 is 18.3 Å². The predicted molar refractivity (Wildman–Crippen MR) is 54.1 cm³/mol. The lowest BCUT2D eigenvalue weighted by Crippen LogP contribution is -2.40. The molecule has 0 saturated carbocycles. The first-order valence-corrected chi connectivity index (χ1v) is 5.25. The zero-order chi connectivity index (χ0) is 11.3. The monoisotopic (exact) mass is 217 g/mol. The molecule has 2 N–H and O–H groups in total. The van der Waals surface area contributed by atoms with Gasteiger partial charge in [-0.05, 0) is 12.3 Å². The van der Waals surface area contributed by atoms with Crippen LogP contribution in [0.15, 0.2) is 0 Å². The van der Waals surface area contributed by atoms with E-state index in [0.29, 0.717) is 32.2 Å². The van der Waals surface area contributed by atoms with Crippen LogP contribution in [0.1, 0.15) is 20.3 Å². The van der Waals surface area contributed by atoms with Crippen molar-refractivity contribution in [1.82, 2.24) is 0 Å². The molecule has 88 valence electrons. The Morgan fingerprint density at radius 3 is 2.80 bits per heavy atom. The van der Waals surface area contributed by atoms with Crippen LogP contribution >= 0.6 is 0 Å². The molecule has 1 heterocycles. The number of rotatable bonds is 4. The number of hydrogen-bond donors (Lipinski definition) is 1. The molecule has 1 rings (SSSR count). The predicted octanol–water partition coefficient (Wildman–Crippen LogP) is 0.276. The smallest absolute Gasteiger partial charge is 0.325 e. The number of esters is 1. The minimum Gasteiger partial charge on any atom is -0.432 e. The summed E-state index contributed by atoms with van der Waals surface area (Å²) in [5, 5.41) is 0. The Morgan fingerprint density at radius 1 is 1.53 bits per heavy atom. The van der Waals surface area contributed by atoms with Crippen LogP contribution < -0.4 is 5.73 Å². The standard InChI is InChI=1S/C10H19NO4/c1-7(2)5-8(11)10(12)15-9-6-13-3-4-14-9/h7-9H,3-6,11H2,1-2H3/t8-,9?/m0/s1. The first-order valence-electron chi connectivity index (χ1n) is 5.25. The molecule has 2 atom stereocenters. The molecule has 1 aliphatic heterocycles. The fourth-order valence-corrected chi connectivity index (χ4v) is 1.36. The number of nitrogens with two attached hydrogens (primary N) is 1. The molecule has 15 heavy (non-hydrogen) atoms. The Morgan fingerprint density at radius 2 is 2.27 bits per heavy atom. The highest BCUT2D eigenvalue weighted by Gasteiger charge is 2.23. The third-order valence-corrected chi connectivity index (χ3v) is 2.06. The Labute approximate surface area is 89.9 Å². The molecule has 5 nitrogen and oxygen atoms in total. The van der Waals surface area contributed by atoms with Gasteiger partial charge in [0.05, 0.1) is 13.2 Å². The van der Waals surface area contributed by atoms with E-state index >= 15 is 0 Å². The number of hydrogen-bond acceptors (Lipinski definition) is 5. The quantitative estimate of drug-likeness (QED) is 0.685. The first-order chi connectivity index (χ1) is 7.09. The summed E-state index contributed by atoms with van der Waals surface area (Å²) in [6.45, 7) is 5.31. The molecular weight excluding hydrogens is 198 g/mol. The molecule has 0 bridgehead atoms. The second-order valence-electron chi connectivity index (χ2n) is 4.05. The Balaban J connectivity index is 2.27. The minimum absolute atomic E-state index is 0.292. The summed E-state index contributed by atoms with van der Waals surface area (Å²) in [6, 6.07) is -0.574. The van der Waals surface area contributed by atoms with Gasteiger partial charge >= 0.3 is 5.97 Å². The SMILES string of the molecule is CC(C)C[C@H](N)C(=O)OC1COCCO1. The minimum atomic E-state index is -0.593. The molecule has 0 spiro atoms. The molecule has 5 heteroatoms. The Kier molecular flexibility index (Phi) is 5.01. The van der Waals surface area contributed by atoms with Crippen LogP contribution in [0.3, 0.4) is 0 Å². The van der Waals surface area contributed by atoms with Crippen molar-refractivity contribution in [1.29, 1.82) is 0 Å². The van der Waals surface area contributed by atoms with Crippen molar-refractivity contribution in [3.05, 3.63) is 0 Å². The van der Waals surface area contributed by atoms with Crippen LogP contribution in [0.5, 0.6) is 0 Å². The van der Waals surface area contributed by atoms with Crippen molar-refractivity contribution >= 4 is 5.97 Å². The van der Waals surface area contributed by atoms with Crippen molar-refractivity contribution in [2.75, 3.05) is 19.8 Å². The van der Waals surface area contributed by atoms with Crippen molar-refractivity contribution in [3.63, 3.8) is 0 Å². The lowest BCUT2D eigenvalue weighted by molar-refractivity contribution is -0.215. The Hall–Kier alpha value is -0.650. The van der Waals surface area contributed by atoms with Crippen molar-refractivity contribution in [2.45, 2.75) is 32.6 Å². The van der Waals surface area contributed by atoms with Crippen LogP contribution in [0.25, 0.3) is 0 Å². The third-order valence-electron chi connectivity index (χ3n) is 2.06. The maximum Gasteiger partial charge on any atom is 0.325 e. The van der Waals surface area contributed by atoms with Crippen LogP contribution in [0, 0.1) is 5.92 Å². The van der Waals surface area contributed by atoms with Crippen molar-refractivity contribution in [3.8, 4) is 0 Å². The van der Waals surface area contributed by atoms with Gasteiger partial charge in [-0.1, -0.05) is 13.8 Å². The van der Waals surface area contributed by atoms with Crippen LogP contribution in [0.4, 0.5) is 0 Å². The zero-order valence-corrected chi connectivity index (χ0v) is 9.27. The summed E-state index contributed by atoms with van der Waals surface area (Å²) in [7, 11) is 0. The maximum atomic E-state index is 11.5. The van der Waals surface area contributed by atoms with Gasteiger partial charge in [-0.3, -0.25) is 4.79 Å². The highest BCUT2D eigenvalue weighted by molar-refractivity contribution is 5.75. The van der Waals surface area contributed by atoms with Crippen LogP contribution in [-0.4, -0.2) is 38.1 Å². The van der Waals surface area contributed by atoms with E-state index in [1.165, 1.54) is 0 Å². The van der Waals surface area contributed by atoms with E-state index in [2.05, 4.69) is 0 Å². The average molecular weight is 217 g/mol. The van der Waals surface area contributed by atoms with E-state index in [4.69, 9.17) is 19.9 Å². The second kappa shape index (κ2) is 6.05. The normalized spacial score (nSPS) is 23.9. The van der Waals surface area contributed by atoms with Gasteiger partial charge in [0.1, 0.15) is 12.6 Å². The summed E-state index contributed by atoms with van der Waals surface area (Å²) in [6.07, 6.45) is 0.0244. The molecule has 0 aromatic heterocycles. The van der Waals surface area contributed by atoms with Crippen LogP contribution in [0.2, 0.25) is 0 Å². The number of carbonyl (C=O) groups excluding carboxylic acids is 1. The topological polar surface area (TPSA) is 70.8 Å². The molecule has 0 aliphatic carbocycles. The summed E-state index contributed by atoms with van der Waals surface area (Å²) in [5.74, 6) is -0.0460. The number of carbonyl (C=O) groups is 1. The number of ether oxygens (including phenoxy) is 3. The van der Waals surface area contributed by atoms with Gasteiger partial charge < -0.3 is 19.9 Å². The molecule has 0 amide bonds. The summed E-state index contributed by atoms with van der Waals surface area (Å²) >= 11 is 0. The van der Waals surface area contributed by atoms with Crippen molar-refractivity contribution < 1.29 is 19.0 Å². The van der Waals surface area contributed by atoms with Crippen molar-refractivity contribution in [2.24, 2.45) is 11.7 Å². The summed E-state index contributed by atoms with van der Waals surface area (Å²) in [4.78, 5) is 11.5. The first kappa shape index (κ1) is 12.4. The van der Waals surface area contributed by atoms with Gasteiger partial charge in [0, 0.05) is 0 Å². The highest BCUT2D eigenvalue weighted by atomic mass is 16.7. The fourth-order valence-electron chi connectivity index (χ4n) is 1.36. The summed E-state index contributed by atoms with van der Waals surface area (Å²) < 4.78 is 15.3. The van der Waals surface area contributed by atoms with E-state index in [0.717, 1.165) is 0 Å². The maximum absolute atomic E-state index is 11.5. The van der Waals surface area contributed by atoms with E-state index in [1.54, 1.807) is 0 Å². The van der Waals surface area contributed by atoms with Gasteiger partial charge in [-0.25, -0.2) is 0 Å². The molecule has 1 aliphatic rings. The van der Waals surface area contributed by atoms with E-state index in [-0.39, 0.29) is 0 Å². The second-order valence-corrected chi connectivity index (χ2v) is 4.05. The molecule has 0 radical (unpaired) electrons. The molecule has 1 fully saturated rings. The summed E-state index contributed by atoms with van der Waals surface area (Å²) in [5.41, 5.74) is 5.66. The molecule has 1 saturated heterocycles. The van der Waals surface area contributed by atoms with Gasteiger partial charge in [0.15, 0.2) is 0 Å². The van der Waals surface area contributed by atoms with Gasteiger partial charge in [-0.15, -0.1) is 0 Å². The Bertz CT molecular complexity index is 202. The van der Waals surface area contributed by atoms with E-state index in [9.17, 15) is 4.79 Å².